The molecule has 2 aromatic rings. The van der Waals surface area contributed by atoms with Crippen molar-refractivity contribution in [3.05, 3.63) is 33.8 Å². The van der Waals surface area contributed by atoms with E-state index in [1.165, 1.54) is 0 Å². The normalized spacial score (nSPS) is 10.3. The van der Waals surface area contributed by atoms with Crippen molar-refractivity contribution in [2.75, 3.05) is 12.3 Å². The number of nitrogens with one attached hydrogen (secondary N) is 1. The summed E-state index contributed by atoms with van der Waals surface area (Å²) in [6.45, 7) is 1.53. The molecule has 0 saturated carbocycles. The lowest BCUT2D eigenvalue weighted by Gasteiger charge is -2.07. The van der Waals surface area contributed by atoms with E-state index in [9.17, 15) is 0 Å². The Morgan fingerprint density at radius 3 is 2.85 bits per heavy atom. The maximum absolute atomic E-state index is 6.10. The molecule has 1 aromatic carbocycles. The predicted molar refractivity (Wildman–Crippen MR) is 77.7 cm³/mol. The van der Waals surface area contributed by atoms with Crippen molar-refractivity contribution >= 4 is 35.0 Å². The van der Waals surface area contributed by atoms with E-state index in [2.05, 4.69) is 20.8 Å². The molecular weight excluding hydrogens is 341 g/mol. The molecule has 2 rings (SSSR count). The molecule has 0 amide bonds. The second kappa shape index (κ2) is 8.69. The van der Waals surface area contributed by atoms with E-state index in [-0.39, 0.29) is 12.4 Å². The third-order valence-corrected chi connectivity index (χ3v) is 4.31. The van der Waals surface area contributed by atoms with Crippen LogP contribution in [0.5, 0.6) is 0 Å². The number of thioether (sulfide) groups is 1. The summed E-state index contributed by atoms with van der Waals surface area (Å²) in [4.78, 5) is 0. The Hall–Kier alpha value is -0.530. The van der Waals surface area contributed by atoms with E-state index in [1.54, 1.807) is 22.5 Å². The molecular formula is C11H13Cl3N5S-. The van der Waals surface area contributed by atoms with Crippen LogP contribution in [0.3, 0.4) is 0 Å². The zero-order valence-electron chi connectivity index (χ0n) is 10.7. The number of hydrogen-bond acceptors (Lipinski definition) is 5. The molecule has 0 fully saturated rings. The van der Waals surface area contributed by atoms with Gasteiger partial charge >= 0.3 is 0 Å². The van der Waals surface area contributed by atoms with Crippen molar-refractivity contribution in [1.29, 1.82) is 0 Å². The number of nitrogens with zero attached hydrogens (tertiary/aromatic N) is 4. The molecule has 0 bridgehead atoms. The molecule has 0 aliphatic rings. The molecule has 9 heteroatoms. The highest BCUT2D eigenvalue weighted by Gasteiger charge is 2.04. The van der Waals surface area contributed by atoms with Crippen LogP contribution in [0.25, 0.3) is 0 Å². The Balaban J connectivity index is 0.00000200. The van der Waals surface area contributed by atoms with Crippen LogP contribution in [-0.2, 0) is 13.6 Å². The average Bonchev–Trinajstić information content (AvgIpc) is 2.80. The average molecular weight is 354 g/mol. The fraction of sp³-hybridized carbons (Fsp3) is 0.364. The first-order valence-electron chi connectivity index (χ1n) is 5.67. The van der Waals surface area contributed by atoms with E-state index >= 15 is 0 Å². The lowest BCUT2D eigenvalue weighted by molar-refractivity contribution is -0.00000392. The van der Waals surface area contributed by atoms with Crippen molar-refractivity contribution < 1.29 is 12.4 Å². The zero-order chi connectivity index (χ0) is 13.7. The van der Waals surface area contributed by atoms with Crippen LogP contribution in [0.4, 0.5) is 0 Å². The topological polar surface area (TPSA) is 55.6 Å². The third kappa shape index (κ3) is 4.79. The number of hydrogen-bond donors (Lipinski definition) is 1. The second-order valence-electron chi connectivity index (χ2n) is 3.82. The SMILES string of the molecule is Cn1nnnc1SCCNCc1cccc(Cl)c1Cl.[Cl-]. The highest BCUT2D eigenvalue weighted by molar-refractivity contribution is 7.99. The maximum Gasteiger partial charge on any atom is 0.209 e. The Morgan fingerprint density at radius 1 is 1.35 bits per heavy atom. The summed E-state index contributed by atoms with van der Waals surface area (Å²) in [7, 11) is 1.82. The largest absolute Gasteiger partial charge is 1.00 e. The van der Waals surface area contributed by atoms with E-state index < -0.39 is 0 Å². The first kappa shape index (κ1) is 17.5. The number of rotatable bonds is 6. The van der Waals surface area contributed by atoms with Crippen LogP contribution in [0.15, 0.2) is 23.4 Å². The molecule has 1 N–H and O–H groups in total. The summed E-state index contributed by atoms with van der Waals surface area (Å²) in [5.74, 6) is 0.881. The number of halogens is 3. The molecule has 1 aromatic heterocycles. The highest BCUT2D eigenvalue weighted by atomic mass is 35.5. The van der Waals surface area contributed by atoms with Gasteiger partial charge in [0.15, 0.2) is 0 Å². The molecule has 1 heterocycles. The minimum atomic E-state index is 0. The summed E-state index contributed by atoms with van der Waals surface area (Å²) in [5.41, 5.74) is 1.000. The van der Waals surface area contributed by atoms with Gasteiger partial charge in [-0.25, -0.2) is 4.68 Å². The van der Waals surface area contributed by atoms with Crippen LogP contribution in [0.1, 0.15) is 5.56 Å². The van der Waals surface area contributed by atoms with Gasteiger partial charge in [0, 0.05) is 25.9 Å². The first-order chi connectivity index (χ1) is 9.18. The molecule has 0 aliphatic carbocycles. The Bertz CT molecular complexity index is 549. The second-order valence-corrected chi connectivity index (χ2v) is 5.67. The van der Waals surface area contributed by atoms with Gasteiger partial charge in [0.2, 0.25) is 5.16 Å². The Morgan fingerprint density at radius 2 is 2.15 bits per heavy atom. The lowest BCUT2D eigenvalue weighted by atomic mass is 10.2. The van der Waals surface area contributed by atoms with Gasteiger partial charge in [-0.3, -0.25) is 0 Å². The quantitative estimate of drug-likeness (QED) is 0.555. The van der Waals surface area contributed by atoms with Crippen LogP contribution in [0.2, 0.25) is 10.0 Å². The van der Waals surface area contributed by atoms with Gasteiger partial charge in [-0.2, -0.15) is 0 Å². The van der Waals surface area contributed by atoms with Gasteiger partial charge in [-0.15, -0.1) is 5.10 Å². The minimum Gasteiger partial charge on any atom is -1.00 e. The van der Waals surface area contributed by atoms with Gasteiger partial charge in [-0.05, 0) is 22.1 Å². The molecule has 20 heavy (non-hydrogen) atoms. The van der Waals surface area contributed by atoms with E-state index in [0.29, 0.717) is 16.6 Å². The predicted octanol–water partition coefficient (Wildman–Crippen LogP) is -0.597. The van der Waals surface area contributed by atoms with E-state index in [0.717, 1.165) is 23.0 Å². The van der Waals surface area contributed by atoms with Gasteiger partial charge in [-0.1, -0.05) is 47.1 Å². The van der Waals surface area contributed by atoms with E-state index in [1.807, 2.05) is 19.2 Å². The van der Waals surface area contributed by atoms with Crippen molar-refractivity contribution in [1.82, 2.24) is 25.5 Å². The minimum absolute atomic E-state index is 0. The zero-order valence-corrected chi connectivity index (χ0v) is 13.8. The van der Waals surface area contributed by atoms with Crippen molar-refractivity contribution in [2.24, 2.45) is 7.05 Å². The summed E-state index contributed by atoms with van der Waals surface area (Å²) < 4.78 is 1.65. The molecule has 0 atom stereocenters. The molecule has 0 aliphatic heterocycles. The summed E-state index contributed by atoms with van der Waals surface area (Å²) >= 11 is 13.7. The monoisotopic (exact) mass is 352 g/mol. The number of tetrazole rings is 1. The summed E-state index contributed by atoms with van der Waals surface area (Å²) in [5, 5.41) is 16.6. The molecule has 5 nitrogen and oxygen atoms in total. The Kier molecular flexibility index (Phi) is 7.61. The van der Waals surface area contributed by atoms with Gasteiger partial charge in [0.05, 0.1) is 10.0 Å². The van der Waals surface area contributed by atoms with Crippen LogP contribution >= 0.6 is 35.0 Å². The first-order valence-corrected chi connectivity index (χ1v) is 7.41. The molecule has 0 radical (unpaired) electrons. The van der Waals surface area contributed by atoms with Crippen molar-refractivity contribution in [3.8, 4) is 0 Å². The Labute approximate surface area is 137 Å². The summed E-state index contributed by atoms with van der Waals surface area (Å²) in [6, 6.07) is 5.64. The van der Waals surface area contributed by atoms with Gasteiger partial charge < -0.3 is 17.7 Å². The molecule has 0 spiro atoms. The van der Waals surface area contributed by atoms with Crippen molar-refractivity contribution in [2.45, 2.75) is 11.7 Å². The van der Waals surface area contributed by atoms with E-state index in [4.69, 9.17) is 23.2 Å². The molecule has 0 saturated heterocycles. The fourth-order valence-electron chi connectivity index (χ4n) is 1.47. The number of aryl methyl sites for hydroxylation is 1. The molecule has 0 unspecified atom stereocenters. The third-order valence-electron chi connectivity index (χ3n) is 2.44. The van der Waals surface area contributed by atoms with Crippen LogP contribution in [-0.4, -0.2) is 32.5 Å². The van der Waals surface area contributed by atoms with Crippen LogP contribution in [0, 0.1) is 0 Å². The van der Waals surface area contributed by atoms with Crippen LogP contribution < -0.4 is 17.7 Å². The number of aromatic nitrogens is 4. The fourth-order valence-corrected chi connectivity index (χ4v) is 2.60. The van der Waals surface area contributed by atoms with Gasteiger partial charge in [0.1, 0.15) is 0 Å². The summed E-state index contributed by atoms with van der Waals surface area (Å²) in [6.07, 6.45) is 0. The standard InChI is InChI=1S/C11H13Cl2N5S.ClH/c1-18-11(15-16-17-18)19-6-5-14-7-8-3-2-4-9(12)10(8)13;/h2-4,14H,5-7H2,1H3;1H/p-1. The smallest absolute Gasteiger partial charge is 0.209 e. The molecule has 110 valence electrons. The lowest BCUT2D eigenvalue weighted by Crippen LogP contribution is -3.00. The highest BCUT2D eigenvalue weighted by Crippen LogP contribution is 2.25. The van der Waals surface area contributed by atoms with Crippen molar-refractivity contribution in [3.63, 3.8) is 0 Å². The maximum atomic E-state index is 6.10. The number of benzene rings is 1. The van der Waals surface area contributed by atoms with Gasteiger partial charge in [0.25, 0.3) is 0 Å².